The van der Waals surface area contributed by atoms with Crippen molar-refractivity contribution in [2.24, 2.45) is 5.92 Å². The lowest BCUT2D eigenvalue weighted by Gasteiger charge is -2.26. The van der Waals surface area contributed by atoms with Crippen LogP contribution in [0.2, 0.25) is 0 Å². The molecule has 0 saturated heterocycles. The van der Waals surface area contributed by atoms with E-state index >= 15 is 0 Å². The third-order valence-corrected chi connectivity index (χ3v) is 3.64. The molecule has 1 heterocycles. The Labute approximate surface area is 109 Å². The topological polar surface area (TPSA) is 33.1 Å². The molecule has 0 aliphatic heterocycles. The summed E-state index contributed by atoms with van der Waals surface area (Å²) in [5, 5.41) is 9.32. The Balaban J connectivity index is 2.92. The first-order chi connectivity index (χ1) is 8.43. The van der Waals surface area contributed by atoms with Crippen LogP contribution in [0.3, 0.4) is 0 Å². The van der Waals surface area contributed by atoms with Crippen LogP contribution >= 0.6 is 11.3 Å². The second-order valence-corrected chi connectivity index (χ2v) is 5.37. The Bertz CT molecular complexity index is 405. The van der Waals surface area contributed by atoms with Gasteiger partial charge >= 0.3 is 12.4 Å². The van der Waals surface area contributed by atoms with Gasteiger partial charge in [-0.3, -0.25) is 0 Å². The van der Waals surface area contributed by atoms with Gasteiger partial charge in [0.15, 0.2) is 5.92 Å². The summed E-state index contributed by atoms with van der Waals surface area (Å²) in [5.41, 5.74) is 0.530. The average molecular weight is 307 g/mol. The van der Waals surface area contributed by atoms with E-state index in [4.69, 9.17) is 0 Å². The Morgan fingerprint density at radius 2 is 1.58 bits per heavy atom. The van der Waals surface area contributed by atoms with E-state index in [0.29, 0.717) is 10.6 Å². The number of rotatable bonds is 3. The van der Waals surface area contributed by atoms with E-state index in [0.717, 1.165) is 11.3 Å². The lowest BCUT2D eigenvalue weighted by molar-refractivity contribution is -0.305. The number of aryl methyl sites for hydroxylation is 2. The zero-order valence-electron chi connectivity index (χ0n) is 9.93. The molecule has 0 aromatic carbocycles. The minimum atomic E-state index is -5.54. The Morgan fingerprint density at radius 3 is 1.89 bits per heavy atom. The van der Waals surface area contributed by atoms with Gasteiger partial charge in [0.05, 0.1) is 16.8 Å². The molecule has 0 aliphatic rings. The van der Waals surface area contributed by atoms with Gasteiger partial charge in [0, 0.05) is 11.3 Å². The average Bonchev–Trinajstić information content (AvgIpc) is 2.39. The summed E-state index contributed by atoms with van der Waals surface area (Å²) in [5.74, 6) is -3.76. The standard InChI is InChI=1S/C10H11F6NOS/c1-4-5(2)19-7(17-4)3-6(18)8(9(11,12)13)10(14,15)16/h6,8,18H,3H2,1-2H3. The van der Waals surface area contributed by atoms with E-state index in [-0.39, 0.29) is 5.01 Å². The molecule has 19 heavy (non-hydrogen) atoms. The van der Waals surface area contributed by atoms with E-state index in [1.54, 1.807) is 13.8 Å². The summed E-state index contributed by atoms with van der Waals surface area (Å²) in [6.07, 6.45) is -14.5. The molecule has 1 N–H and O–H groups in total. The summed E-state index contributed by atoms with van der Waals surface area (Å²) in [6, 6.07) is 0. The van der Waals surface area contributed by atoms with Gasteiger partial charge in [-0.25, -0.2) is 4.98 Å². The van der Waals surface area contributed by atoms with Crippen LogP contribution in [-0.2, 0) is 6.42 Å². The van der Waals surface area contributed by atoms with Crippen molar-refractivity contribution in [3.63, 3.8) is 0 Å². The highest BCUT2D eigenvalue weighted by molar-refractivity contribution is 7.11. The summed E-state index contributed by atoms with van der Waals surface area (Å²) >= 11 is 0.976. The molecule has 1 atom stereocenters. The van der Waals surface area contributed by atoms with Crippen LogP contribution < -0.4 is 0 Å². The largest absolute Gasteiger partial charge is 0.403 e. The van der Waals surface area contributed by atoms with Crippen LogP contribution in [0, 0.1) is 19.8 Å². The van der Waals surface area contributed by atoms with E-state index < -0.39 is 30.8 Å². The molecule has 0 fully saturated rings. The predicted octanol–water partition coefficient (Wildman–Crippen LogP) is 3.40. The summed E-state index contributed by atoms with van der Waals surface area (Å²) in [4.78, 5) is 4.51. The molecule has 1 aromatic heterocycles. The Morgan fingerprint density at radius 1 is 1.11 bits per heavy atom. The van der Waals surface area contributed by atoms with Crippen LogP contribution in [0.5, 0.6) is 0 Å². The van der Waals surface area contributed by atoms with Crippen LogP contribution in [-0.4, -0.2) is 28.5 Å². The van der Waals surface area contributed by atoms with E-state index in [1.165, 1.54) is 0 Å². The van der Waals surface area contributed by atoms with Crippen molar-refractivity contribution in [2.75, 3.05) is 0 Å². The first-order valence-electron chi connectivity index (χ1n) is 5.17. The van der Waals surface area contributed by atoms with Crippen LogP contribution in [0.15, 0.2) is 0 Å². The highest BCUT2D eigenvalue weighted by Crippen LogP contribution is 2.42. The molecule has 0 spiro atoms. The number of halogens is 6. The Kier molecular flexibility index (Phi) is 4.51. The molecule has 110 valence electrons. The van der Waals surface area contributed by atoms with Crippen molar-refractivity contribution in [1.29, 1.82) is 0 Å². The number of hydrogen-bond donors (Lipinski definition) is 1. The molecule has 0 aliphatic carbocycles. The summed E-state index contributed by atoms with van der Waals surface area (Å²) < 4.78 is 74.1. The highest BCUT2D eigenvalue weighted by atomic mass is 32.1. The second-order valence-electron chi connectivity index (χ2n) is 4.08. The van der Waals surface area contributed by atoms with Crippen molar-refractivity contribution in [3.8, 4) is 0 Å². The first-order valence-corrected chi connectivity index (χ1v) is 5.99. The predicted molar refractivity (Wildman–Crippen MR) is 56.9 cm³/mol. The third-order valence-electron chi connectivity index (χ3n) is 2.55. The number of alkyl halides is 6. The molecule has 0 amide bonds. The van der Waals surface area contributed by atoms with Gasteiger partial charge in [-0.15, -0.1) is 11.3 Å². The Hall–Kier alpha value is -0.830. The maximum atomic E-state index is 12.4. The van der Waals surface area contributed by atoms with E-state index in [2.05, 4.69) is 4.98 Å². The molecular weight excluding hydrogens is 296 g/mol. The van der Waals surface area contributed by atoms with Gasteiger partial charge in [0.2, 0.25) is 0 Å². The molecule has 9 heteroatoms. The number of aliphatic hydroxyl groups is 1. The van der Waals surface area contributed by atoms with Gasteiger partial charge in [-0.1, -0.05) is 0 Å². The maximum absolute atomic E-state index is 12.4. The van der Waals surface area contributed by atoms with Gasteiger partial charge < -0.3 is 5.11 Å². The first kappa shape index (κ1) is 16.2. The molecule has 0 saturated carbocycles. The van der Waals surface area contributed by atoms with E-state index in [9.17, 15) is 31.4 Å². The lowest BCUT2D eigenvalue weighted by Crippen LogP contribution is -2.45. The monoisotopic (exact) mass is 307 g/mol. The minimum Gasteiger partial charge on any atom is -0.392 e. The molecule has 0 radical (unpaired) electrons. The van der Waals surface area contributed by atoms with Crippen molar-refractivity contribution >= 4 is 11.3 Å². The number of thiazole rings is 1. The van der Waals surface area contributed by atoms with Crippen molar-refractivity contribution in [3.05, 3.63) is 15.6 Å². The number of hydrogen-bond acceptors (Lipinski definition) is 3. The van der Waals surface area contributed by atoms with Crippen molar-refractivity contribution in [1.82, 2.24) is 4.98 Å². The number of aromatic nitrogens is 1. The molecule has 1 rings (SSSR count). The van der Waals surface area contributed by atoms with Gasteiger partial charge in [0.1, 0.15) is 0 Å². The third kappa shape index (κ3) is 4.07. The van der Waals surface area contributed by atoms with Crippen molar-refractivity contribution in [2.45, 2.75) is 38.7 Å². The van der Waals surface area contributed by atoms with Crippen LogP contribution in [0.1, 0.15) is 15.6 Å². The van der Waals surface area contributed by atoms with Gasteiger partial charge in [-0.2, -0.15) is 26.3 Å². The molecule has 1 unspecified atom stereocenters. The van der Waals surface area contributed by atoms with Crippen LogP contribution in [0.25, 0.3) is 0 Å². The van der Waals surface area contributed by atoms with Gasteiger partial charge in [0.25, 0.3) is 0 Å². The molecular formula is C10H11F6NOS. The maximum Gasteiger partial charge on any atom is 0.403 e. The minimum absolute atomic E-state index is 0.0565. The van der Waals surface area contributed by atoms with Gasteiger partial charge in [-0.05, 0) is 13.8 Å². The van der Waals surface area contributed by atoms with Crippen LogP contribution in [0.4, 0.5) is 26.3 Å². The fourth-order valence-electron chi connectivity index (χ4n) is 1.55. The normalized spacial score (nSPS) is 15.1. The fourth-order valence-corrected chi connectivity index (χ4v) is 2.53. The zero-order chi connectivity index (χ0) is 15.0. The lowest BCUT2D eigenvalue weighted by atomic mass is 9.99. The molecule has 0 bridgehead atoms. The quantitative estimate of drug-likeness (QED) is 0.868. The molecule has 2 nitrogen and oxygen atoms in total. The fraction of sp³-hybridized carbons (Fsp3) is 0.700. The number of nitrogens with zero attached hydrogens (tertiary/aromatic N) is 1. The zero-order valence-corrected chi connectivity index (χ0v) is 10.7. The summed E-state index contributed by atoms with van der Waals surface area (Å²) in [6.45, 7) is 3.24. The van der Waals surface area contributed by atoms with Crippen molar-refractivity contribution < 1.29 is 31.4 Å². The smallest absolute Gasteiger partial charge is 0.392 e. The highest BCUT2D eigenvalue weighted by Gasteiger charge is 2.60. The SMILES string of the molecule is Cc1nc(CC(O)C(C(F)(F)F)C(F)(F)F)sc1C. The molecule has 1 aromatic rings. The second kappa shape index (κ2) is 5.28. The van der Waals surface area contributed by atoms with E-state index in [1.807, 2.05) is 0 Å². The number of aliphatic hydroxyl groups excluding tert-OH is 1. The summed E-state index contributed by atoms with van der Waals surface area (Å²) in [7, 11) is 0.